The minimum absolute atomic E-state index is 0.0925. The van der Waals surface area contributed by atoms with Crippen molar-refractivity contribution in [2.45, 2.75) is 32.9 Å². The molecule has 2 N–H and O–H groups in total. The van der Waals surface area contributed by atoms with Crippen LogP contribution in [-0.2, 0) is 30.7 Å². The molecule has 0 aliphatic rings. The number of benzene rings is 2. The van der Waals surface area contributed by atoms with Crippen LogP contribution in [0.1, 0.15) is 22.5 Å². The number of pyridine rings is 1. The van der Waals surface area contributed by atoms with E-state index >= 15 is 0 Å². The first-order chi connectivity index (χ1) is 17.6. The van der Waals surface area contributed by atoms with Gasteiger partial charge in [-0.15, -0.1) is 0 Å². The third kappa shape index (κ3) is 5.25. The van der Waals surface area contributed by atoms with Crippen LogP contribution in [-0.4, -0.2) is 25.4 Å². The fourth-order valence-corrected chi connectivity index (χ4v) is 4.35. The maximum Gasteiger partial charge on any atom is 0.273 e. The molecule has 0 atom stereocenters. The molecule has 5 rings (SSSR count). The normalized spacial score (nSPS) is 11.0. The van der Waals surface area contributed by atoms with E-state index in [-0.39, 0.29) is 18.0 Å². The maximum atomic E-state index is 13.5. The van der Waals surface area contributed by atoms with Crippen LogP contribution >= 0.6 is 0 Å². The Bertz CT molecular complexity index is 1540. The molecular weight excluding hydrogens is 450 g/mol. The summed E-state index contributed by atoms with van der Waals surface area (Å²) in [4.78, 5) is 38.3. The van der Waals surface area contributed by atoms with Crippen molar-refractivity contribution in [2.75, 3.05) is 0 Å². The third-order valence-electron chi connectivity index (χ3n) is 6.18. The van der Waals surface area contributed by atoms with Gasteiger partial charge in [0, 0.05) is 29.0 Å². The molecule has 180 valence electrons. The van der Waals surface area contributed by atoms with Gasteiger partial charge in [0.15, 0.2) is 0 Å². The first-order valence-corrected chi connectivity index (χ1v) is 11.9. The molecule has 3 heterocycles. The molecule has 1 amide bonds. The van der Waals surface area contributed by atoms with Gasteiger partial charge in [-0.05, 0) is 43.0 Å². The molecule has 0 spiro atoms. The zero-order valence-electron chi connectivity index (χ0n) is 20.1. The number of carbonyl (C=O) groups excluding carboxylic acids is 1. The van der Waals surface area contributed by atoms with Crippen molar-refractivity contribution in [3.63, 3.8) is 0 Å². The number of carbonyl (C=O) groups is 1. The van der Waals surface area contributed by atoms with Crippen LogP contribution in [0.25, 0.3) is 22.2 Å². The van der Waals surface area contributed by atoms with Gasteiger partial charge in [-0.25, -0.2) is 0 Å². The fourth-order valence-electron chi connectivity index (χ4n) is 4.35. The van der Waals surface area contributed by atoms with E-state index in [9.17, 15) is 9.59 Å². The lowest BCUT2D eigenvalue weighted by Crippen LogP contribution is -2.34. The summed E-state index contributed by atoms with van der Waals surface area (Å²) in [7, 11) is 0. The summed E-state index contributed by atoms with van der Waals surface area (Å²) in [5.74, 6) is -0.248. The fraction of sp³-hybridized carbons (Fsp3) is 0.172. The van der Waals surface area contributed by atoms with Gasteiger partial charge in [0.1, 0.15) is 12.2 Å². The van der Waals surface area contributed by atoms with Gasteiger partial charge < -0.3 is 10.3 Å². The van der Waals surface area contributed by atoms with E-state index in [1.807, 2.05) is 48.5 Å². The van der Waals surface area contributed by atoms with E-state index in [4.69, 9.17) is 0 Å². The average molecular weight is 478 g/mol. The molecule has 0 aliphatic heterocycles. The predicted octanol–water partition coefficient (Wildman–Crippen LogP) is 4.20. The minimum Gasteiger partial charge on any atom is -0.357 e. The second-order valence-corrected chi connectivity index (χ2v) is 8.87. The molecule has 2 aromatic carbocycles. The number of rotatable bonds is 8. The van der Waals surface area contributed by atoms with Crippen LogP contribution < -0.4 is 10.9 Å². The van der Waals surface area contributed by atoms with Crippen molar-refractivity contribution in [1.29, 1.82) is 0 Å². The molecule has 0 radical (unpaired) electrons. The number of aromatic amines is 1. The summed E-state index contributed by atoms with van der Waals surface area (Å²) in [5, 5.41) is 3.91. The van der Waals surface area contributed by atoms with Gasteiger partial charge in [0.25, 0.3) is 5.56 Å². The number of aromatic nitrogens is 4. The Kier molecular flexibility index (Phi) is 6.71. The van der Waals surface area contributed by atoms with Gasteiger partial charge in [0.2, 0.25) is 5.91 Å². The molecule has 0 saturated carbocycles. The first-order valence-electron chi connectivity index (χ1n) is 11.9. The second-order valence-electron chi connectivity index (χ2n) is 8.87. The topological polar surface area (TPSA) is 92.7 Å². The average Bonchev–Trinajstić information content (AvgIpc) is 3.32. The molecule has 0 unspecified atom stereocenters. The Morgan fingerprint density at radius 2 is 1.86 bits per heavy atom. The minimum atomic E-state index is -0.248. The highest BCUT2D eigenvalue weighted by atomic mass is 16.2. The molecule has 5 aromatic rings. The zero-order valence-corrected chi connectivity index (χ0v) is 20.1. The van der Waals surface area contributed by atoms with E-state index in [1.165, 1.54) is 10.1 Å². The third-order valence-corrected chi connectivity index (χ3v) is 6.18. The molecule has 0 aliphatic carbocycles. The van der Waals surface area contributed by atoms with Crippen molar-refractivity contribution in [1.82, 2.24) is 24.8 Å². The predicted molar refractivity (Wildman–Crippen MR) is 140 cm³/mol. The van der Waals surface area contributed by atoms with E-state index in [1.54, 1.807) is 18.6 Å². The number of hydrogen-bond donors (Lipinski definition) is 2. The number of hydrogen-bond acceptors (Lipinski definition) is 4. The van der Waals surface area contributed by atoms with Crippen LogP contribution in [0.3, 0.4) is 0 Å². The number of H-pyrrole nitrogens is 1. The molecule has 7 heteroatoms. The number of nitrogens with zero attached hydrogens (tertiary/aromatic N) is 3. The van der Waals surface area contributed by atoms with Gasteiger partial charge in [-0.3, -0.25) is 24.1 Å². The van der Waals surface area contributed by atoms with Crippen molar-refractivity contribution >= 4 is 16.8 Å². The molecule has 0 saturated heterocycles. The molecule has 0 bridgehead atoms. The van der Waals surface area contributed by atoms with Gasteiger partial charge in [-0.2, -0.15) is 0 Å². The quantitative estimate of drug-likeness (QED) is 0.350. The van der Waals surface area contributed by atoms with Crippen LogP contribution in [0.15, 0.2) is 90.1 Å². The summed E-state index contributed by atoms with van der Waals surface area (Å²) < 4.78 is 1.53. The lowest BCUT2D eigenvalue weighted by Gasteiger charge is -2.14. The lowest BCUT2D eigenvalue weighted by atomic mass is 10.1. The Labute approximate surface area is 208 Å². The summed E-state index contributed by atoms with van der Waals surface area (Å²) in [6.07, 6.45) is 6.40. The van der Waals surface area contributed by atoms with E-state index in [2.05, 4.69) is 45.4 Å². The Balaban J connectivity index is 1.37. The van der Waals surface area contributed by atoms with Crippen molar-refractivity contribution in [3.8, 4) is 11.3 Å². The molecule has 36 heavy (non-hydrogen) atoms. The maximum absolute atomic E-state index is 13.5. The van der Waals surface area contributed by atoms with Crippen molar-refractivity contribution in [2.24, 2.45) is 0 Å². The molecular formula is C29H27N5O2. The van der Waals surface area contributed by atoms with Crippen LogP contribution in [0.2, 0.25) is 0 Å². The number of aryl methyl sites for hydroxylation is 3. The summed E-state index contributed by atoms with van der Waals surface area (Å²) >= 11 is 0. The van der Waals surface area contributed by atoms with E-state index in [0.717, 1.165) is 27.7 Å². The highest BCUT2D eigenvalue weighted by molar-refractivity contribution is 5.80. The molecule has 0 fully saturated rings. The number of amides is 1. The Hall–Kier alpha value is -4.52. The molecule has 7 nitrogen and oxygen atoms in total. The van der Waals surface area contributed by atoms with Gasteiger partial charge in [-0.1, -0.05) is 60.2 Å². The lowest BCUT2D eigenvalue weighted by molar-refractivity contribution is -0.121. The number of nitrogens with one attached hydrogen (secondary N) is 2. The smallest absolute Gasteiger partial charge is 0.273 e. The van der Waals surface area contributed by atoms with Gasteiger partial charge in [0.05, 0.1) is 18.4 Å². The highest BCUT2D eigenvalue weighted by Gasteiger charge is 2.15. The van der Waals surface area contributed by atoms with Crippen LogP contribution in [0.5, 0.6) is 0 Å². The van der Waals surface area contributed by atoms with Gasteiger partial charge >= 0.3 is 0 Å². The summed E-state index contributed by atoms with van der Waals surface area (Å²) in [5.41, 5.74) is 5.83. The molecule has 3 aromatic heterocycles. The first kappa shape index (κ1) is 23.2. The van der Waals surface area contributed by atoms with Crippen molar-refractivity contribution in [3.05, 3.63) is 118 Å². The SMILES string of the molecule is Cc1cccc(CCc2ncc(-c3ccccc3)n(CC(=O)NCc3cc4cnccc4[nH]3)c2=O)c1. The second kappa shape index (κ2) is 10.4. The van der Waals surface area contributed by atoms with E-state index < -0.39 is 0 Å². The largest absolute Gasteiger partial charge is 0.357 e. The Morgan fingerprint density at radius 1 is 1.00 bits per heavy atom. The highest BCUT2D eigenvalue weighted by Crippen LogP contribution is 2.18. The van der Waals surface area contributed by atoms with Crippen LogP contribution in [0, 0.1) is 6.92 Å². The zero-order chi connectivity index (χ0) is 24.9. The van der Waals surface area contributed by atoms with Crippen LogP contribution in [0.4, 0.5) is 0 Å². The summed E-state index contributed by atoms with van der Waals surface area (Å²) in [6.45, 7) is 2.29. The van der Waals surface area contributed by atoms with Crippen molar-refractivity contribution < 1.29 is 4.79 Å². The standard InChI is InChI=1S/C29H27N5O2/c1-20-6-5-7-21(14-20)10-11-26-29(36)34(27(18-31-26)22-8-3-2-4-9-22)19-28(35)32-17-24-15-23-16-30-13-12-25(23)33-24/h2-9,12-16,18,33H,10-11,17,19H2,1H3,(H,32,35). The number of fused-ring (bicyclic) bond motifs is 1. The van der Waals surface area contributed by atoms with E-state index in [0.29, 0.717) is 30.8 Å². The summed E-state index contributed by atoms with van der Waals surface area (Å²) in [6, 6.07) is 21.6. The Morgan fingerprint density at radius 3 is 2.67 bits per heavy atom. The monoisotopic (exact) mass is 477 g/mol.